The second kappa shape index (κ2) is 8.67. The average molecular weight is 324 g/mol. The summed E-state index contributed by atoms with van der Waals surface area (Å²) in [5, 5.41) is 8.78. The normalized spacial score (nSPS) is 16.8. The third-order valence-electron chi connectivity index (χ3n) is 3.35. The van der Waals surface area contributed by atoms with Gasteiger partial charge in [0, 0.05) is 7.11 Å². The van der Waals surface area contributed by atoms with Gasteiger partial charge in [-0.2, -0.15) is 0 Å². The molecule has 124 valence electrons. The maximum absolute atomic E-state index is 11.9. The molecule has 0 saturated heterocycles. The van der Waals surface area contributed by atoms with Crippen molar-refractivity contribution >= 4 is 15.8 Å². The van der Waals surface area contributed by atoms with Crippen LogP contribution >= 0.6 is 0 Å². The molecule has 21 heavy (non-hydrogen) atoms. The lowest BCUT2D eigenvalue weighted by atomic mass is 10.1. The Kier molecular flexibility index (Phi) is 7.58. The van der Waals surface area contributed by atoms with Crippen molar-refractivity contribution in [1.82, 2.24) is 0 Å². The second-order valence-corrected chi connectivity index (χ2v) is 7.56. The number of carboxylic acid groups (broad SMARTS) is 1. The van der Waals surface area contributed by atoms with E-state index in [1.54, 1.807) is 7.11 Å². The van der Waals surface area contributed by atoms with Crippen molar-refractivity contribution in [3.05, 3.63) is 0 Å². The molecule has 0 aromatic carbocycles. The topological polar surface area (TPSA) is 99.1 Å². The average Bonchev–Trinajstić information content (AvgIpc) is 3.09. The molecule has 1 aliphatic carbocycles. The highest BCUT2D eigenvalue weighted by atomic mass is 32.2. The Labute approximate surface area is 125 Å². The number of carboxylic acids is 1. The lowest BCUT2D eigenvalue weighted by molar-refractivity contribution is -0.138. The van der Waals surface area contributed by atoms with Crippen molar-refractivity contribution in [2.24, 2.45) is 5.41 Å². The first-order valence-corrected chi connectivity index (χ1v) is 8.78. The lowest BCUT2D eigenvalue weighted by Crippen LogP contribution is -2.24. The molecule has 7 nitrogen and oxygen atoms in total. The van der Waals surface area contributed by atoms with Gasteiger partial charge in [0.25, 0.3) is 0 Å². The van der Waals surface area contributed by atoms with E-state index in [4.69, 9.17) is 19.3 Å². The molecule has 1 rings (SSSR count). The maximum Gasteiger partial charge on any atom is 0.303 e. The molecular formula is C13H24O7S. The van der Waals surface area contributed by atoms with E-state index in [2.05, 4.69) is 0 Å². The van der Waals surface area contributed by atoms with Gasteiger partial charge in [-0.3, -0.25) is 4.79 Å². The lowest BCUT2D eigenvalue weighted by Gasteiger charge is -2.13. The Morgan fingerprint density at radius 1 is 1.10 bits per heavy atom. The van der Waals surface area contributed by atoms with Crippen LogP contribution in [0.5, 0.6) is 0 Å². The van der Waals surface area contributed by atoms with Crippen LogP contribution in [0.25, 0.3) is 0 Å². The summed E-state index contributed by atoms with van der Waals surface area (Å²) in [5.41, 5.74) is -0.534. The van der Waals surface area contributed by atoms with E-state index in [0.717, 1.165) is 0 Å². The highest BCUT2D eigenvalue weighted by Crippen LogP contribution is 2.49. The molecular weight excluding hydrogens is 300 g/mol. The zero-order valence-electron chi connectivity index (χ0n) is 12.4. The zero-order chi connectivity index (χ0) is 15.8. The molecule has 0 heterocycles. The van der Waals surface area contributed by atoms with Crippen LogP contribution in [0.3, 0.4) is 0 Å². The van der Waals surface area contributed by atoms with E-state index in [-0.39, 0.29) is 24.5 Å². The molecule has 0 aromatic rings. The van der Waals surface area contributed by atoms with E-state index < -0.39 is 21.2 Å². The van der Waals surface area contributed by atoms with Gasteiger partial charge in [-0.25, -0.2) is 8.42 Å². The molecule has 0 atom stereocenters. The van der Waals surface area contributed by atoms with Crippen LogP contribution in [0.4, 0.5) is 0 Å². The number of hydrogen-bond acceptors (Lipinski definition) is 6. The molecule has 1 N–H and O–H groups in total. The third-order valence-corrected chi connectivity index (χ3v) is 5.19. The van der Waals surface area contributed by atoms with Gasteiger partial charge >= 0.3 is 5.97 Å². The Morgan fingerprint density at radius 2 is 1.67 bits per heavy atom. The minimum Gasteiger partial charge on any atom is -0.481 e. The predicted molar refractivity (Wildman–Crippen MR) is 76.1 cm³/mol. The first-order chi connectivity index (χ1) is 9.89. The van der Waals surface area contributed by atoms with Gasteiger partial charge in [-0.1, -0.05) is 0 Å². The summed E-state index contributed by atoms with van der Waals surface area (Å²) >= 11 is 0. The maximum atomic E-state index is 11.9. The summed E-state index contributed by atoms with van der Waals surface area (Å²) < 4.78 is 39.0. The smallest absolute Gasteiger partial charge is 0.303 e. The molecule has 0 aromatic heterocycles. The largest absolute Gasteiger partial charge is 0.481 e. The van der Waals surface area contributed by atoms with Crippen LogP contribution in [-0.4, -0.2) is 71.1 Å². The molecule has 0 unspecified atom stereocenters. The van der Waals surface area contributed by atoms with Crippen LogP contribution in [0, 0.1) is 5.41 Å². The Morgan fingerprint density at radius 3 is 2.19 bits per heavy atom. The van der Waals surface area contributed by atoms with E-state index in [1.165, 1.54) is 0 Å². The molecule has 0 aliphatic heterocycles. The molecule has 1 aliphatic rings. The summed E-state index contributed by atoms with van der Waals surface area (Å²) in [6.07, 6.45) is 1.28. The van der Waals surface area contributed by atoms with E-state index in [0.29, 0.717) is 39.3 Å². The van der Waals surface area contributed by atoms with Crippen LogP contribution < -0.4 is 0 Å². The van der Waals surface area contributed by atoms with Gasteiger partial charge in [-0.15, -0.1) is 0 Å². The summed E-state index contributed by atoms with van der Waals surface area (Å²) in [5.74, 6) is -1.07. The van der Waals surface area contributed by atoms with Crippen LogP contribution in [-0.2, 0) is 28.8 Å². The SMILES string of the molecule is COCCOCCOCCS(=O)(=O)CC1(CC(=O)O)CC1. The van der Waals surface area contributed by atoms with Gasteiger partial charge in [0.1, 0.15) is 0 Å². The highest BCUT2D eigenvalue weighted by molar-refractivity contribution is 7.91. The predicted octanol–water partition coefficient (Wildman–Crippen LogP) is 0.336. The fourth-order valence-electron chi connectivity index (χ4n) is 2.06. The Bertz CT molecular complexity index is 414. The summed E-state index contributed by atoms with van der Waals surface area (Å²) in [7, 11) is -1.69. The number of aliphatic carboxylic acids is 1. The number of ether oxygens (including phenoxy) is 3. The minimum absolute atomic E-state index is 0.0556. The standard InChI is InChI=1S/C13H24O7S/c1-18-4-5-19-6-7-20-8-9-21(16,17)11-13(2-3-13)10-12(14)15/h2-11H2,1H3,(H,14,15). The van der Waals surface area contributed by atoms with Gasteiger partial charge in [-0.05, 0) is 18.3 Å². The molecule has 0 radical (unpaired) electrons. The number of rotatable bonds is 13. The quantitative estimate of drug-likeness (QED) is 0.488. The number of hydrogen-bond donors (Lipinski definition) is 1. The Hall–Kier alpha value is -0.700. The first kappa shape index (κ1) is 18.3. The van der Waals surface area contributed by atoms with Crippen molar-refractivity contribution in [1.29, 1.82) is 0 Å². The molecule has 0 amide bonds. The van der Waals surface area contributed by atoms with Crippen LogP contribution in [0.2, 0.25) is 0 Å². The van der Waals surface area contributed by atoms with Crippen molar-refractivity contribution in [3.8, 4) is 0 Å². The van der Waals surface area contributed by atoms with E-state index >= 15 is 0 Å². The Balaban J connectivity index is 2.12. The van der Waals surface area contributed by atoms with E-state index in [1.807, 2.05) is 0 Å². The van der Waals surface area contributed by atoms with E-state index in [9.17, 15) is 13.2 Å². The fourth-order valence-corrected chi connectivity index (χ4v) is 3.90. The van der Waals surface area contributed by atoms with Crippen LogP contribution in [0.1, 0.15) is 19.3 Å². The number of carbonyl (C=O) groups is 1. The minimum atomic E-state index is -3.27. The highest BCUT2D eigenvalue weighted by Gasteiger charge is 2.47. The van der Waals surface area contributed by atoms with Crippen molar-refractivity contribution in [2.75, 3.05) is 51.6 Å². The molecule has 0 bridgehead atoms. The number of methoxy groups -OCH3 is 1. The first-order valence-electron chi connectivity index (χ1n) is 6.96. The monoisotopic (exact) mass is 324 g/mol. The van der Waals surface area contributed by atoms with Crippen molar-refractivity contribution in [2.45, 2.75) is 19.3 Å². The van der Waals surface area contributed by atoms with Crippen molar-refractivity contribution < 1.29 is 32.5 Å². The third kappa shape index (κ3) is 8.35. The summed E-state index contributed by atoms with van der Waals surface area (Å²) in [4.78, 5) is 10.7. The van der Waals surface area contributed by atoms with Gasteiger partial charge in [0.2, 0.25) is 0 Å². The molecule has 1 saturated carbocycles. The molecule has 1 fully saturated rings. The molecule has 8 heteroatoms. The van der Waals surface area contributed by atoms with Crippen molar-refractivity contribution in [3.63, 3.8) is 0 Å². The fraction of sp³-hybridized carbons (Fsp3) is 0.923. The number of sulfone groups is 1. The van der Waals surface area contributed by atoms with Gasteiger partial charge in [0.15, 0.2) is 9.84 Å². The van der Waals surface area contributed by atoms with Gasteiger partial charge < -0.3 is 19.3 Å². The second-order valence-electron chi connectivity index (χ2n) is 5.38. The van der Waals surface area contributed by atoms with Gasteiger partial charge in [0.05, 0.1) is 51.0 Å². The zero-order valence-corrected chi connectivity index (χ0v) is 13.2. The molecule has 0 spiro atoms. The summed E-state index contributed by atoms with van der Waals surface area (Å²) in [6, 6.07) is 0. The van der Waals surface area contributed by atoms with Crippen LogP contribution in [0.15, 0.2) is 0 Å². The summed E-state index contributed by atoms with van der Waals surface area (Å²) in [6.45, 7) is 1.83.